The largest absolute Gasteiger partial charge is 0.336 e. The molecule has 1 aliphatic rings. The molecule has 1 saturated heterocycles. The van der Waals surface area contributed by atoms with Gasteiger partial charge < -0.3 is 4.90 Å². The Labute approximate surface area is 165 Å². The Bertz CT molecular complexity index is 994. The Morgan fingerprint density at radius 3 is 2.57 bits per heavy atom. The van der Waals surface area contributed by atoms with Gasteiger partial charge in [-0.1, -0.05) is 19.1 Å². The normalized spacial score (nSPS) is 17.0. The number of carbonyl (C=O) groups is 1. The van der Waals surface area contributed by atoms with Crippen molar-refractivity contribution in [2.75, 3.05) is 11.3 Å². The Balaban J connectivity index is 1.80. The van der Waals surface area contributed by atoms with Crippen molar-refractivity contribution in [3.63, 3.8) is 0 Å². The molecule has 1 N–H and O–H groups in total. The number of carbonyl (C=O) groups excluding carboxylic acids is 1. The van der Waals surface area contributed by atoms with Gasteiger partial charge in [-0.25, -0.2) is 8.42 Å². The molecular formula is C21H23N3O3S. The molecule has 0 aromatic heterocycles. The van der Waals surface area contributed by atoms with Crippen LogP contribution in [0, 0.1) is 11.3 Å². The lowest BCUT2D eigenvalue weighted by molar-refractivity contribution is 0.0608. The minimum atomic E-state index is -3.85. The molecule has 6 nitrogen and oxygen atoms in total. The van der Waals surface area contributed by atoms with Gasteiger partial charge in [0.2, 0.25) is 0 Å². The molecule has 28 heavy (non-hydrogen) atoms. The van der Waals surface area contributed by atoms with Crippen molar-refractivity contribution < 1.29 is 13.2 Å². The number of piperidine rings is 1. The third-order valence-electron chi connectivity index (χ3n) is 5.06. The first-order valence-electron chi connectivity index (χ1n) is 9.39. The number of likely N-dealkylation sites (tertiary alicyclic amines) is 1. The summed E-state index contributed by atoms with van der Waals surface area (Å²) in [6.45, 7) is 2.82. The van der Waals surface area contributed by atoms with Gasteiger partial charge in [0, 0.05) is 18.2 Å². The Morgan fingerprint density at radius 2 is 1.89 bits per heavy atom. The lowest BCUT2D eigenvalue weighted by Gasteiger charge is -2.35. The number of hydrogen-bond donors (Lipinski definition) is 1. The van der Waals surface area contributed by atoms with Crippen molar-refractivity contribution in [3.8, 4) is 6.07 Å². The lowest BCUT2D eigenvalue weighted by Crippen LogP contribution is -2.43. The molecule has 7 heteroatoms. The number of para-hydroxylation sites is 1. The highest BCUT2D eigenvalue weighted by molar-refractivity contribution is 7.92. The van der Waals surface area contributed by atoms with Crippen LogP contribution in [0.3, 0.4) is 0 Å². The first-order chi connectivity index (χ1) is 13.5. The zero-order valence-corrected chi connectivity index (χ0v) is 16.6. The van der Waals surface area contributed by atoms with Crippen LogP contribution in [0.2, 0.25) is 0 Å². The Hall–Kier alpha value is -2.85. The van der Waals surface area contributed by atoms with E-state index in [-0.39, 0.29) is 28.1 Å². The summed E-state index contributed by atoms with van der Waals surface area (Å²) in [7, 11) is -3.85. The van der Waals surface area contributed by atoms with Gasteiger partial charge in [-0.3, -0.25) is 9.52 Å². The zero-order valence-electron chi connectivity index (χ0n) is 15.8. The summed E-state index contributed by atoms with van der Waals surface area (Å²) in [5, 5.41) is 9.12. The molecule has 0 aliphatic carbocycles. The summed E-state index contributed by atoms with van der Waals surface area (Å²) in [4.78, 5) is 14.8. The standard InChI is InChI=1S/C21H23N3O3S/c1-2-18-8-5-6-14-24(18)21(25)16-10-12-19(13-11-16)28(26,27)23-20-9-4-3-7-17(20)15-22/h3-4,7,9-13,18,23H,2,5-6,8,14H2,1H3. The van der Waals surface area contributed by atoms with Crippen LogP contribution in [-0.2, 0) is 10.0 Å². The van der Waals surface area contributed by atoms with E-state index in [1.54, 1.807) is 30.3 Å². The number of sulfonamides is 1. The monoisotopic (exact) mass is 397 g/mol. The molecule has 3 rings (SSSR count). The third kappa shape index (κ3) is 4.18. The van der Waals surface area contributed by atoms with Crippen molar-refractivity contribution in [1.82, 2.24) is 4.90 Å². The van der Waals surface area contributed by atoms with Crippen LogP contribution in [-0.4, -0.2) is 31.8 Å². The maximum absolute atomic E-state index is 12.8. The SMILES string of the molecule is CCC1CCCCN1C(=O)c1ccc(S(=O)(=O)Nc2ccccc2C#N)cc1. The lowest BCUT2D eigenvalue weighted by atomic mass is 9.99. The summed E-state index contributed by atoms with van der Waals surface area (Å²) in [6, 6.07) is 14.6. The topological polar surface area (TPSA) is 90.3 Å². The summed E-state index contributed by atoms with van der Waals surface area (Å²) >= 11 is 0. The molecule has 1 unspecified atom stereocenters. The van der Waals surface area contributed by atoms with Crippen LogP contribution >= 0.6 is 0 Å². The minimum Gasteiger partial charge on any atom is -0.336 e. The Morgan fingerprint density at radius 1 is 1.18 bits per heavy atom. The maximum atomic E-state index is 12.8. The summed E-state index contributed by atoms with van der Waals surface area (Å²) in [6.07, 6.45) is 4.06. The second kappa shape index (κ2) is 8.44. The smallest absolute Gasteiger partial charge is 0.261 e. The van der Waals surface area contributed by atoms with Crippen LogP contribution in [0.1, 0.15) is 48.5 Å². The van der Waals surface area contributed by atoms with Gasteiger partial charge in [0.25, 0.3) is 15.9 Å². The van der Waals surface area contributed by atoms with Crippen molar-refractivity contribution in [3.05, 3.63) is 59.7 Å². The highest BCUT2D eigenvalue weighted by Gasteiger charge is 2.26. The van der Waals surface area contributed by atoms with E-state index >= 15 is 0 Å². The van der Waals surface area contributed by atoms with E-state index in [0.29, 0.717) is 5.56 Å². The predicted octanol–water partition coefficient (Wildman–Crippen LogP) is 3.76. The van der Waals surface area contributed by atoms with Crippen LogP contribution in [0.25, 0.3) is 0 Å². The first-order valence-corrected chi connectivity index (χ1v) is 10.9. The van der Waals surface area contributed by atoms with Gasteiger partial charge in [-0.2, -0.15) is 5.26 Å². The van der Waals surface area contributed by atoms with E-state index in [1.807, 2.05) is 11.0 Å². The van der Waals surface area contributed by atoms with Gasteiger partial charge in [0.05, 0.1) is 16.1 Å². The van der Waals surface area contributed by atoms with Crippen LogP contribution in [0.5, 0.6) is 0 Å². The molecule has 0 radical (unpaired) electrons. The van der Waals surface area contributed by atoms with Crippen molar-refractivity contribution >= 4 is 21.6 Å². The summed E-state index contributed by atoms with van der Waals surface area (Å²) in [5.74, 6) is -0.0571. The highest BCUT2D eigenvalue weighted by Crippen LogP contribution is 2.23. The van der Waals surface area contributed by atoms with Crippen LogP contribution in [0.4, 0.5) is 5.69 Å². The zero-order chi connectivity index (χ0) is 20.1. The molecule has 1 heterocycles. The average molecular weight is 398 g/mol. The van der Waals surface area contributed by atoms with Gasteiger partial charge in [0.1, 0.15) is 6.07 Å². The quantitative estimate of drug-likeness (QED) is 0.832. The van der Waals surface area contributed by atoms with E-state index in [2.05, 4.69) is 11.6 Å². The molecule has 2 aromatic rings. The fraction of sp³-hybridized carbons (Fsp3) is 0.333. The number of anilines is 1. The first kappa shape index (κ1) is 19.9. The molecule has 0 spiro atoms. The van der Waals surface area contributed by atoms with E-state index in [1.165, 1.54) is 18.2 Å². The second-order valence-corrected chi connectivity index (χ2v) is 8.53. The minimum absolute atomic E-state index is 0.0440. The fourth-order valence-corrected chi connectivity index (χ4v) is 4.59. The number of benzene rings is 2. The van der Waals surface area contributed by atoms with E-state index in [0.717, 1.165) is 32.2 Å². The average Bonchev–Trinajstić information content (AvgIpc) is 2.73. The predicted molar refractivity (Wildman–Crippen MR) is 107 cm³/mol. The molecule has 0 bridgehead atoms. The van der Waals surface area contributed by atoms with Gasteiger partial charge >= 0.3 is 0 Å². The van der Waals surface area contributed by atoms with Crippen molar-refractivity contribution in [1.29, 1.82) is 5.26 Å². The number of nitriles is 1. The van der Waals surface area contributed by atoms with Gasteiger partial charge in [-0.05, 0) is 62.1 Å². The van der Waals surface area contributed by atoms with Crippen molar-refractivity contribution in [2.24, 2.45) is 0 Å². The molecular weight excluding hydrogens is 374 g/mol. The molecule has 1 atom stereocenters. The molecule has 146 valence electrons. The molecule has 1 amide bonds. The second-order valence-electron chi connectivity index (χ2n) is 6.84. The van der Waals surface area contributed by atoms with Crippen molar-refractivity contribution in [2.45, 2.75) is 43.5 Å². The highest BCUT2D eigenvalue weighted by atomic mass is 32.2. The molecule has 0 saturated carbocycles. The number of nitrogens with zero attached hydrogens (tertiary/aromatic N) is 2. The van der Waals surface area contributed by atoms with E-state index in [4.69, 9.17) is 5.26 Å². The summed E-state index contributed by atoms with van der Waals surface area (Å²) < 4.78 is 27.7. The number of hydrogen-bond acceptors (Lipinski definition) is 4. The Kier molecular flexibility index (Phi) is 6.00. The van der Waals surface area contributed by atoms with Crippen LogP contribution in [0.15, 0.2) is 53.4 Å². The van der Waals surface area contributed by atoms with Gasteiger partial charge in [-0.15, -0.1) is 0 Å². The fourth-order valence-electron chi connectivity index (χ4n) is 3.51. The molecule has 1 aliphatic heterocycles. The maximum Gasteiger partial charge on any atom is 0.261 e. The third-order valence-corrected chi connectivity index (χ3v) is 6.44. The van der Waals surface area contributed by atoms with E-state index < -0.39 is 10.0 Å². The molecule has 1 fully saturated rings. The van der Waals surface area contributed by atoms with E-state index in [9.17, 15) is 13.2 Å². The molecule has 2 aromatic carbocycles. The number of nitrogens with one attached hydrogen (secondary N) is 1. The van der Waals surface area contributed by atoms with Gasteiger partial charge in [0.15, 0.2) is 0 Å². The summed E-state index contributed by atoms with van der Waals surface area (Å²) in [5.41, 5.74) is 0.953. The number of rotatable bonds is 5. The number of amides is 1. The van der Waals surface area contributed by atoms with Crippen LogP contribution < -0.4 is 4.72 Å².